The van der Waals surface area contributed by atoms with E-state index in [-0.39, 0.29) is 28.8 Å². The smallest absolute Gasteiger partial charge is 0.251 e. The summed E-state index contributed by atoms with van der Waals surface area (Å²) in [6, 6.07) is 11.1. The highest BCUT2D eigenvalue weighted by Gasteiger charge is 2.32. The van der Waals surface area contributed by atoms with Crippen LogP contribution in [0.5, 0.6) is 0 Å². The average molecular weight is 478 g/mol. The SMILES string of the molecule is Cc1c(Cl)cccc1NC(=O)CNC(=O)c1cccc(S(=O)(=O)N2C[C@@H](C)C[C@H](C)C2)c1. The normalized spacial score (nSPS) is 19.4. The number of rotatable bonds is 6. The maximum absolute atomic E-state index is 13.1. The summed E-state index contributed by atoms with van der Waals surface area (Å²) in [5.74, 6) is -0.382. The van der Waals surface area contributed by atoms with Gasteiger partial charge in [0.2, 0.25) is 15.9 Å². The molecule has 3 rings (SSSR count). The van der Waals surface area contributed by atoms with Crippen LogP contribution < -0.4 is 10.6 Å². The van der Waals surface area contributed by atoms with Gasteiger partial charge < -0.3 is 10.6 Å². The number of benzene rings is 2. The Hall–Kier alpha value is -2.42. The molecule has 32 heavy (non-hydrogen) atoms. The topological polar surface area (TPSA) is 95.6 Å². The number of hydrogen-bond acceptors (Lipinski definition) is 4. The molecular formula is C23H28ClN3O4S. The van der Waals surface area contributed by atoms with Crippen molar-refractivity contribution in [3.05, 3.63) is 58.6 Å². The largest absolute Gasteiger partial charge is 0.343 e. The third-order valence-corrected chi connectivity index (χ3v) is 7.76. The first-order valence-electron chi connectivity index (χ1n) is 10.5. The van der Waals surface area contributed by atoms with E-state index in [9.17, 15) is 18.0 Å². The molecule has 1 aliphatic heterocycles. The lowest BCUT2D eigenvalue weighted by atomic mass is 9.94. The van der Waals surface area contributed by atoms with Crippen LogP contribution in [0.2, 0.25) is 5.02 Å². The van der Waals surface area contributed by atoms with Gasteiger partial charge in [0.05, 0.1) is 11.4 Å². The Morgan fingerprint density at radius 1 is 1.09 bits per heavy atom. The quantitative estimate of drug-likeness (QED) is 0.663. The highest BCUT2D eigenvalue weighted by Crippen LogP contribution is 2.27. The van der Waals surface area contributed by atoms with Gasteiger partial charge in [0.15, 0.2) is 0 Å². The molecular weight excluding hydrogens is 450 g/mol. The fourth-order valence-electron chi connectivity index (χ4n) is 3.95. The highest BCUT2D eigenvalue weighted by molar-refractivity contribution is 7.89. The van der Waals surface area contributed by atoms with Crippen LogP contribution in [0, 0.1) is 18.8 Å². The Balaban J connectivity index is 1.66. The van der Waals surface area contributed by atoms with E-state index in [0.717, 1.165) is 12.0 Å². The molecule has 1 fully saturated rings. The molecule has 1 saturated heterocycles. The average Bonchev–Trinajstić information content (AvgIpc) is 2.74. The summed E-state index contributed by atoms with van der Waals surface area (Å²) in [7, 11) is -3.70. The summed E-state index contributed by atoms with van der Waals surface area (Å²) in [5.41, 5.74) is 1.47. The number of piperidine rings is 1. The maximum atomic E-state index is 13.1. The first-order chi connectivity index (χ1) is 15.1. The van der Waals surface area contributed by atoms with Crippen molar-refractivity contribution in [2.24, 2.45) is 11.8 Å². The Morgan fingerprint density at radius 2 is 1.75 bits per heavy atom. The van der Waals surface area contributed by atoms with Crippen molar-refractivity contribution in [3.63, 3.8) is 0 Å². The number of amides is 2. The highest BCUT2D eigenvalue weighted by atomic mass is 35.5. The van der Waals surface area contributed by atoms with E-state index in [1.165, 1.54) is 28.6 Å². The summed E-state index contributed by atoms with van der Waals surface area (Å²) in [6.07, 6.45) is 0.991. The molecule has 172 valence electrons. The van der Waals surface area contributed by atoms with Crippen LogP contribution >= 0.6 is 11.6 Å². The van der Waals surface area contributed by atoms with E-state index in [1.54, 1.807) is 25.1 Å². The molecule has 0 radical (unpaired) electrons. The summed E-state index contributed by atoms with van der Waals surface area (Å²) in [4.78, 5) is 24.9. The van der Waals surface area contributed by atoms with Crippen LogP contribution in [0.15, 0.2) is 47.4 Å². The van der Waals surface area contributed by atoms with E-state index < -0.39 is 21.8 Å². The van der Waals surface area contributed by atoms with E-state index in [0.29, 0.717) is 23.8 Å². The van der Waals surface area contributed by atoms with Gasteiger partial charge in [-0.1, -0.05) is 37.6 Å². The molecule has 9 heteroatoms. The van der Waals surface area contributed by atoms with Gasteiger partial charge in [-0.3, -0.25) is 9.59 Å². The van der Waals surface area contributed by atoms with Gasteiger partial charge >= 0.3 is 0 Å². The van der Waals surface area contributed by atoms with Gasteiger partial charge in [0, 0.05) is 29.4 Å². The summed E-state index contributed by atoms with van der Waals surface area (Å²) >= 11 is 6.05. The molecule has 2 aromatic rings. The zero-order chi connectivity index (χ0) is 23.5. The number of sulfonamides is 1. The van der Waals surface area contributed by atoms with E-state index in [1.807, 2.05) is 13.8 Å². The fourth-order valence-corrected chi connectivity index (χ4v) is 5.85. The first kappa shape index (κ1) is 24.2. The van der Waals surface area contributed by atoms with Gasteiger partial charge in [-0.15, -0.1) is 0 Å². The molecule has 1 heterocycles. The number of carbonyl (C=O) groups excluding carboxylic acids is 2. The lowest BCUT2D eigenvalue weighted by molar-refractivity contribution is -0.115. The zero-order valence-electron chi connectivity index (χ0n) is 18.4. The van der Waals surface area contributed by atoms with Crippen molar-refractivity contribution in [2.45, 2.75) is 32.1 Å². The van der Waals surface area contributed by atoms with Crippen molar-refractivity contribution in [1.29, 1.82) is 0 Å². The second-order valence-electron chi connectivity index (χ2n) is 8.44. The van der Waals surface area contributed by atoms with Crippen molar-refractivity contribution in [3.8, 4) is 0 Å². The van der Waals surface area contributed by atoms with Gasteiger partial charge in [-0.2, -0.15) is 4.31 Å². The predicted molar refractivity (Wildman–Crippen MR) is 125 cm³/mol. The number of halogens is 1. The van der Waals surface area contributed by atoms with Crippen LogP contribution in [-0.4, -0.2) is 44.2 Å². The Morgan fingerprint density at radius 3 is 2.44 bits per heavy atom. The first-order valence-corrected chi connectivity index (χ1v) is 12.3. The zero-order valence-corrected chi connectivity index (χ0v) is 20.0. The Kier molecular flexibility index (Phi) is 7.59. The summed E-state index contributed by atoms with van der Waals surface area (Å²) in [5, 5.41) is 5.77. The van der Waals surface area contributed by atoms with Crippen molar-refractivity contribution >= 4 is 39.1 Å². The molecule has 0 bridgehead atoms. The third kappa shape index (κ3) is 5.68. The lowest BCUT2D eigenvalue weighted by Gasteiger charge is -2.34. The molecule has 0 aromatic heterocycles. The lowest BCUT2D eigenvalue weighted by Crippen LogP contribution is -2.42. The van der Waals surface area contributed by atoms with E-state index in [4.69, 9.17) is 11.6 Å². The molecule has 0 aliphatic carbocycles. The molecule has 2 aromatic carbocycles. The Labute approximate surface area is 194 Å². The van der Waals surface area contributed by atoms with Gasteiger partial charge in [0.1, 0.15) is 0 Å². The monoisotopic (exact) mass is 477 g/mol. The number of carbonyl (C=O) groups is 2. The minimum absolute atomic E-state index is 0.0745. The van der Waals surface area contributed by atoms with Gasteiger partial charge in [-0.25, -0.2) is 8.42 Å². The molecule has 7 nitrogen and oxygen atoms in total. The number of nitrogens with one attached hydrogen (secondary N) is 2. The fraction of sp³-hybridized carbons (Fsp3) is 0.391. The number of nitrogens with zero attached hydrogens (tertiary/aromatic N) is 1. The summed E-state index contributed by atoms with van der Waals surface area (Å²) in [6.45, 7) is 6.53. The maximum Gasteiger partial charge on any atom is 0.251 e. The molecule has 2 amide bonds. The second kappa shape index (κ2) is 10.0. The van der Waals surface area contributed by atoms with Crippen molar-refractivity contribution in [1.82, 2.24) is 9.62 Å². The van der Waals surface area contributed by atoms with Crippen LogP contribution in [0.4, 0.5) is 5.69 Å². The van der Waals surface area contributed by atoms with E-state index >= 15 is 0 Å². The van der Waals surface area contributed by atoms with Gasteiger partial charge in [0.25, 0.3) is 5.91 Å². The molecule has 0 spiro atoms. The van der Waals surface area contributed by atoms with Crippen LogP contribution in [0.3, 0.4) is 0 Å². The molecule has 0 saturated carbocycles. The minimum Gasteiger partial charge on any atom is -0.343 e. The molecule has 0 unspecified atom stereocenters. The predicted octanol–water partition coefficient (Wildman–Crippen LogP) is 3.68. The van der Waals surface area contributed by atoms with Crippen molar-refractivity contribution in [2.75, 3.05) is 25.0 Å². The minimum atomic E-state index is -3.70. The standard InChI is InChI=1S/C23H28ClN3O4S/c1-15-10-16(2)14-27(13-15)32(30,31)19-7-4-6-18(11-19)23(29)25-12-22(28)26-21-9-5-8-20(24)17(21)3/h4-9,11,15-16H,10,12-14H2,1-3H3,(H,25,29)(H,26,28)/t15-,16-/m0/s1. The van der Waals surface area contributed by atoms with Crippen LogP contribution in [0.1, 0.15) is 36.2 Å². The second-order valence-corrected chi connectivity index (χ2v) is 10.8. The third-order valence-electron chi connectivity index (χ3n) is 5.52. The van der Waals surface area contributed by atoms with Gasteiger partial charge in [-0.05, 0) is 61.1 Å². The molecule has 2 atom stereocenters. The number of hydrogen-bond donors (Lipinski definition) is 2. The Bertz CT molecular complexity index is 1110. The van der Waals surface area contributed by atoms with Crippen LogP contribution in [-0.2, 0) is 14.8 Å². The van der Waals surface area contributed by atoms with Crippen LogP contribution in [0.25, 0.3) is 0 Å². The van der Waals surface area contributed by atoms with E-state index in [2.05, 4.69) is 10.6 Å². The van der Waals surface area contributed by atoms with Crippen molar-refractivity contribution < 1.29 is 18.0 Å². The number of anilines is 1. The molecule has 2 N–H and O–H groups in total. The molecule has 1 aliphatic rings. The summed E-state index contributed by atoms with van der Waals surface area (Å²) < 4.78 is 27.7.